The maximum atomic E-state index is 4.44. The smallest absolute Gasteiger partial charge is 0.137 e. The van der Waals surface area contributed by atoms with Crippen LogP contribution in [-0.2, 0) is 6.54 Å². The lowest BCUT2D eigenvalue weighted by Crippen LogP contribution is -2.04. The number of rotatable bonds is 4. The van der Waals surface area contributed by atoms with Crippen molar-refractivity contribution >= 4 is 5.69 Å². The van der Waals surface area contributed by atoms with Gasteiger partial charge in [-0.2, -0.15) is 0 Å². The van der Waals surface area contributed by atoms with Crippen LogP contribution >= 0.6 is 0 Å². The van der Waals surface area contributed by atoms with E-state index >= 15 is 0 Å². The van der Waals surface area contributed by atoms with Gasteiger partial charge in [-0.15, -0.1) is 0 Å². The van der Waals surface area contributed by atoms with Gasteiger partial charge in [0.15, 0.2) is 0 Å². The number of imidazole rings is 1. The van der Waals surface area contributed by atoms with Crippen LogP contribution in [0.2, 0.25) is 0 Å². The van der Waals surface area contributed by atoms with E-state index in [9.17, 15) is 0 Å². The summed E-state index contributed by atoms with van der Waals surface area (Å²) >= 11 is 0. The predicted molar refractivity (Wildman–Crippen MR) is 84.6 cm³/mol. The van der Waals surface area contributed by atoms with Gasteiger partial charge in [-0.05, 0) is 42.7 Å². The highest BCUT2D eigenvalue weighted by molar-refractivity contribution is 5.45. The van der Waals surface area contributed by atoms with Crippen LogP contribution in [0.4, 0.5) is 5.69 Å². The third kappa shape index (κ3) is 2.94. The van der Waals surface area contributed by atoms with Crippen LogP contribution in [0.1, 0.15) is 16.7 Å². The predicted octanol–water partition coefficient (Wildman–Crippen LogP) is 3.50. The van der Waals surface area contributed by atoms with Crippen LogP contribution in [0.3, 0.4) is 0 Å². The van der Waals surface area contributed by atoms with E-state index in [-0.39, 0.29) is 0 Å². The maximum absolute atomic E-state index is 4.44. The zero-order valence-corrected chi connectivity index (χ0v) is 12.2. The Bertz CT molecular complexity index is 695. The van der Waals surface area contributed by atoms with E-state index in [1.54, 1.807) is 12.5 Å². The molecule has 106 valence electrons. The molecule has 0 aliphatic rings. The largest absolute Gasteiger partial charge is 0.380 e. The molecule has 0 fully saturated rings. The number of anilines is 1. The second kappa shape index (κ2) is 5.79. The van der Waals surface area contributed by atoms with E-state index in [1.807, 2.05) is 29.1 Å². The van der Waals surface area contributed by atoms with Gasteiger partial charge in [-0.1, -0.05) is 18.2 Å². The molecule has 0 unspecified atom stereocenters. The monoisotopic (exact) mass is 278 g/mol. The average Bonchev–Trinajstić information content (AvgIpc) is 3.02. The van der Waals surface area contributed by atoms with Gasteiger partial charge in [-0.3, -0.25) is 4.57 Å². The van der Waals surface area contributed by atoms with Gasteiger partial charge in [0.05, 0.1) is 11.9 Å². The topological polar surface area (TPSA) is 42.7 Å². The van der Waals surface area contributed by atoms with E-state index in [1.165, 1.54) is 16.7 Å². The minimum atomic E-state index is 0.810. The standard InChI is InChI=1S/C17H18N4/c1-13-4-3-5-14(2)16(13)11-19-15-6-7-17(20-10-15)21-9-8-18-12-21/h3-10,12,19H,11H2,1-2H3. The second-order valence-corrected chi connectivity index (χ2v) is 5.10. The quantitative estimate of drug-likeness (QED) is 0.794. The second-order valence-electron chi connectivity index (χ2n) is 5.10. The molecule has 4 nitrogen and oxygen atoms in total. The van der Waals surface area contributed by atoms with Crippen molar-refractivity contribution in [1.82, 2.24) is 14.5 Å². The molecule has 0 amide bonds. The number of hydrogen-bond donors (Lipinski definition) is 1. The molecule has 3 rings (SSSR count). The van der Waals surface area contributed by atoms with E-state index in [2.05, 4.69) is 47.3 Å². The third-order valence-corrected chi connectivity index (χ3v) is 3.63. The van der Waals surface area contributed by atoms with Gasteiger partial charge < -0.3 is 5.32 Å². The molecule has 3 aromatic rings. The summed E-state index contributed by atoms with van der Waals surface area (Å²) in [5.41, 5.74) is 4.98. The van der Waals surface area contributed by atoms with Crippen molar-refractivity contribution < 1.29 is 0 Å². The summed E-state index contributed by atoms with van der Waals surface area (Å²) in [6.07, 6.45) is 7.22. The summed E-state index contributed by atoms with van der Waals surface area (Å²) in [7, 11) is 0. The van der Waals surface area contributed by atoms with E-state index in [0.717, 1.165) is 18.1 Å². The molecule has 4 heteroatoms. The summed E-state index contributed by atoms with van der Waals surface area (Å²) in [5, 5.41) is 3.43. The summed E-state index contributed by atoms with van der Waals surface area (Å²) in [6.45, 7) is 5.10. The summed E-state index contributed by atoms with van der Waals surface area (Å²) < 4.78 is 1.88. The number of nitrogens with zero attached hydrogens (tertiary/aromatic N) is 3. The molecule has 0 aliphatic carbocycles. The lowest BCUT2D eigenvalue weighted by atomic mass is 10.0. The Kier molecular flexibility index (Phi) is 3.69. The van der Waals surface area contributed by atoms with Crippen molar-refractivity contribution in [3.8, 4) is 5.82 Å². The van der Waals surface area contributed by atoms with Crippen molar-refractivity contribution in [3.63, 3.8) is 0 Å². The molecule has 21 heavy (non-hydrogen) atoms. The van der Waals surface area contributed by atoms with Crippen LogP contribution < -0.4 is 5.32 Å². The Morgan fingerprint density at radius 3 is 2.52 bits per heavy atom. The third-order valence-electron chi connectivity index (χ3n) is 3.63. The molecule has 2 heterocycles. The normalized spacial score (nSPS) is 10.6. The minimum absolute atomic E-state index is 0.810. The molecule has 1 aromatic carbocycles. The number of aromatic nitrogens is 3. The zero-order chi connectivity index (χ0) is 14.7. The highest BCUT2D eigenvalue weighted by atomic mass is 15.1. The molecule has 0 aliphatic heterocycles. The zero-order valence-electron chi connectivity index (χ0n) is 12.2. The molecule has 0 atom stereocenters. The Balaban J connectivity index is 1.71. The van der Waals surface area contributed by atoms with Gasteiger partial charge in [0, 0.05) is 18.9 Å². The molecule has 0 radical (unpaired) electrons. The Morgan fingerprint density at radius 2 is 1.90 bits per heavy atom. The van der Waals surface area contributed by atoms with Crippen molar-refractivity contribution in [2.24, 2.45) is 0 Å². The first-order valence-electron chi connectivity index (χ1n) is 6.97. The van der Waals surface area contributed by atoms with E-state index in [4.69, 9.17) is 0 Å². The Hall–Kier alpha value is -2.62. The lowest BCUT2D eigenvalue weighted by molar-refractivity contribution is 0.989. The molecule has 0 saturated heterocycles. The van der Waals surface area contributed by atoms with Crippen LogP contribution in [0.25, 0.3) is 5.82 Å². The molecule has 1 N–H and O–H groups in total. The fourth-order valence-corrected chi connectivity index (χ4v) is 2.36. The molecule has 0 spiro atoms. The first-order chi connectivity index (χ1) is 10.2. The van der Waals surface area contributed by atoms with E-state index in [0.29, 0.717) is 0 Å². The van der Waals surface area contributed by atoms with Crippen molar-refractivity contribution in [2.75, 3.05) is 5.32 Å². The first-order valence-corrected chi connectivity index (χ1v) is 6.97. The first kappa shape index (κ1) is 13.4. The summed E-state index contributed by atoms with van der Waals surface area (Å²) in [4.78, 5) is 8.46. The van der Waals surface area contributed by atoms with Crippen LogP contribution in [0, 0.1) is 13.8 Å². The molecule has 0 bridgehead atoms. The fourth-order valence-electron chi connectivity index (χ4n) is 2.36. The van der Waals surface area contributed by atoms with Crippen molar-refractivity contribution in [1.29, 1.82) is 0 Å². The van der Waals surface area contributed by atoms with Crippen LogP contribution in [0.5, 0.6) is 0 Å². The number of aryl methyl sites for hydroxylation is 2. The number of nitrogens with one attached hydrogen (secondary N) is 1. The van der Waals surface area contributed by atoms with Crippen LogP contribution in [-0.4, -0.2) is 14.5 Å². The van der Waals surface area contributed by atoms with Gasteiger partial charge in [0.2, 0.25) is 0 Å². The van der Waals surface area contributed by atoms with Crippen LogP contribution in [0.15, 0.2) is 55.2 Å². The van der Waals surface area contributed by atoms with Gasteiger partial charge >= 0.3 is 0 Å². The Morgan fingerprint density at radius 1 is 1.10 bits per heavy atom. The van der Waals surface area contributed by atoms with Crippen molar-refractivity contribution in [3.05, 3.63) is 71.9 Å². The van der Waals surface area contributed by atoms with Gasteiger partial charge in [0.25, 0.3) is 0 Å². The maximum Gasteiger partial charge on any atom is 0.137 e. The summed E-state index contributed by atoms with van der Waals surface area (Å²) in [6, 6.07) is 10.4. The van der Waals surface area contributed by atoms with Crippen molar-refractivity contribution in [2.45, 2.75) is 20.4 Å². The highest BCUT2D eigenvalue weighted by Crippen LogP contribution is 2.16. The molecule has 2 aromatic heterocycles. The molecular weight excluding hydrogens is 260 g/mol. The molecule has 0 saturated carbocycles. The highest BCUT2D eigenvalue weighted by Gasteiger charge is 2.02. The van der Waals surface area contributed by atoms with Gasteiger partial charge in [0.1, 0.15) is 12.1 Å². The number of benzene rings is 1. The van der Waals surface area contributed by atoms with E-state index < -0.39 is 0 Å². The SMILES string of the molecule is Cc1cccc(C)c1CNc1ccc(-n2ccnc2)nc1. The lowest BCUT2D eigenvalue weighted by Gasteiger charge is -2.12. The summed E-state index contributed by atoms with van der Waals surface area (Å²) in [5.74, 6) is 0.866. The van der Waals surface area contributed by atoms with Gasteiger partial charge in [-0.25, -0.2) is 9.97 Å². The minimum Gasteiger partial charge on any atom is -0.380 e. The molecular formula is C17H18N4. The fraction of sp³-hybridized carbons (Fsp3) is 0.176. The number of pyridine rings is 1. The Labute approximate surface area is 124 Å². The average molecular weight is 278 g/mol. The number of hydrogen-bond acceptors (Lipinski definition) is 3.